The number of thioether (sulfide) groups is 1. The van der Waals surface area contributed by atoms with Gasteiger partial charge in [0.15, 0.2) is 0 Å². The van der Waals surface area contributed by atoms with Crippen molar-refractivity contribution < 1.29 is 0 Å². The summed E-state index contributed by atoms with van der Waals surface area (Å²) in [6.45, 7) is 0.937. The van der Waals surface area contributed by atoms with Crippen LogP contribution >= 0.6 is 23.4 Å². The maximum atomic E-state index is 5.95. The molecule has 0 aliphatic heterocycles. The monoisotopic (exact) mass is 255 g/mol. The number of nitrogens with one attached hydrogen (secondary N) is 1. The Morgan fingerprint density at radius 3 is 3.00 bits per heavy atom. The van der Waals surface area contributed by atoms with Crippen molar-refractivity contribution in [3.05, 3.63) is 34.9 Å². The van der Waals surface area contributed by atoms with Crippen molar-refractivity contribution in [2.45, 2.75) is 37.1 Å². The highest BCUT2D eigenvalue weighted by Crippen LogP contribution is 2.28. The van der Waals surface area contributed by atoms with E-state index >= 15 is 0 Å². The summed E-state index contributed by atoms with van der Waals surface area (Å²) in [6, 6.07) is 8.79. The summed E-state index contributed by atoms with van der Waals surface area (Å²) in [5.41, 5.74) is 1.28. The molecule has 1 N–H and O–H groups in total. The van der Waals surface area contributed by atoms with Crippen LogP contribution in [0.5, 0.6) is 0 Å². The van der Waals surface area contributed by atoms with E-state index in [1.54, 1.807) is 0 Å². The van der Waals surface area contributed by atoms with Crippen LogP contribution in [-0.4, -0.2) is 17.5 Å². The predicted molar refractivity (Wildman–Crippen MR) is 73.2 cm³/mol. The Labute approximate surface area is 107 Å². The van der Waals surface area contributed by atoms with E-state index in [2.05, 4.69) is 17.6 Å². The minimum atomic E-state index is 0.691. The highest BCUT2D eigenvalue weighted by atomic mass is 35.5. The second-order valence-electron chi connectivity index (χ2n) is 4.38. The van der Waals surface area contributed by atoms with E-state index in [4.69, 9.17) is 11.6 Å². The van der Waals surface area contributed by atoms with Crippen molar-refractivity contribution in [3.63, 3.8) is 0 Å². The number of rotatable bonds is 4. The first-order valence-corrected chi connectivity index (χ1v) is 7.45. The molecule has 0 amide bonds. The molecule has 1 saturated carbocycles. The molecule has 0 radical (unpaired) electrons. The molecule has 2 unspecified atom stereocenters. The molecule has 1 nitrogen and oxygen atoms in total. The summed E-state index contributed by atoms with van der Waals surface area (Å²) in [5.74, 6) is 0. The van der Waals surface area contributed by atoms with Crippen LogP contribution in [0.25, 0.3) is 0 Å². The van der Waals surface area contributed by atoms with Crippen molar-refractivity contribution in [1.29, 1.82) is 0 Å². The van der Waals surface area contributed by atoms with Gasteiger partial charge in [0.1, 0.15) is 0 Å². The summed E-state index contributed by atoms with van der Waals surface area (Å²) in [7, 11) is 0. The Morgan fingerprint density at radius 1 is 1.44 bits per heavy atom. The number of hydrogen-bond acceptors (Lipinski definition) is 2. The smallest absolute Gasteiger partial charge is 0.0409 e. The van der Waals surface area contributed by atoms with E-state index in [1.165, 1.54) is 24.8 Å². The fourth-order valence-electron chi connectivity index (χ4n) is 2.25. The molecule has 0 saturated heterocycles. The molecular weight excluding hydrogens is 238 g/mol. The summed E-state index contributed by atoms with van der Waals surface area (Å²) in [6.07, 6.45) is 6.19. The summed E-state index contributed by atoms with van der Waals surface area (Å²) in [5, 5.41) is 5.30. The van der Waals surface area contributed by atoms with E-state index in [0.29, 0.717) is 6.04 Å². The molecule has 0 spiro atoms. The zero-order valence-corrected chi connectivity index (χ0v) is 11.2. The highest BCUT2D eigenvalue weighted by molar-refractivity contribution is 7.99. The van der Waals surface area contributed by atoms with Gasteiger partial charge >= 0.3 is 0 Å². The molecule has 1 aliphatic carbocycles. The Bertz CT molecular complexity index is 342. The molecule has 2 atom stereocenters. The summed E-state index contributed by atoms with van der Waals surface area (Å²) in [4.78, 5) is 0. The first kappa shape index (κ1) is 12.3. The highest BCUT2D eigenvalue weighted by Gasteiger charge is 2.23. The molecule has 0 bridgehead atoms. The molecule has 0 aromatic heterocycles. The average Bonchev–Trinajstić information content (AvgIpc) is 2.74. The lowest BCUT2D eigenvalue weighted by Crippen LogP contribution is -2.26. The topological polar surface area (TPSA) is 12.0 Å². The van der Waals surface area contributed by atoms with Crippen molar-refractivity contribution >= 4 is 23.4 Å². The van der Waals surface area contributed by atoms with Gasteiger partial charge in [-0.3, -0.25) is 0 Å². The van der Waals surface area contributed by atoms with Gasteiger partial charge < -0.3 is 5.32 Å². The van der Waals surface area contributed by atoms with Gasteiger partial charge in [0.25, 0.3) is 0 Å². The molecular formula is C13H18ClNS. The Morgan fingerprint density at radius 2 is 2.31 bits per heavy atom. The van der Waals surface area contributed by atoms with Crippen molar-refractivity contribution in [2.75, 3.05) is 6.26 Å². The van der Waals surface area contributed by atoms with Crippen LogP contribution in [-0.2, 0) is 6.54 Å². The molecule has 1 aliphatic rings. The third-order valence-electron chi connectivity index (χ3n) is 3.20. The third-order valence-corrected chi connectivity index (χ3v) is 4.53. The van der Waals surface area contributed by atoms with Crippen LogP contribution < -0.4 is 5.32 Å². The summed E-state index contributed by atoms with van der Waals surface area (Å²) < 4.78 is 0. The molecule has 1 aromatic carbocycles. The van der Waals surface area contributed by atoms with Crippen molar-refractivity contribution in [2.24, 2.45) is 0 Å². The second kappa shape index (κ2) is 5.95. The van der Waals surface area contributed by atoms with Gasteiger partial charge in [0.05, 0.1) is 0 Å². The number of halogens is 1. The zero-order chi connectivity index (χ0) is 11.4. The fraction of sp³-hybridized carbons (Fsp3) is 0.538. The quantitative estimate of drug-likeness (QED) is 0.880. The Balaban J connectivity index is 1.80. The molecule has 1 aromatic rings. The van der Waals surface area contributed by atoms with Gasteiger partial charge in [-0.15, -0.1) is 0 Å². The molecule has 88 valence electrons. The molecule has 0 heterocycles. The van der Waals surface area contributed by atoms with Crippen LogP contribution in [0.1, 0.15) is 24.8 Å². The average molecular weight is 256 g/mol. The van der Waals surface area contributed by atoms with Gasteiger partial charge in [-0.1, -0.05) is 23.7 Å². The predicted octanol–water partition coefficient (Wildman–Crippen LogP) is 3.71. The van der Waals surface area contributed by atoms with E-state index in [9.17, 15) is 0 Å². The van der Waals surface area contributed by atoms with E-state index < -0.39 is 0 Å². The zero-order valence-electron chi connectivity index (χ0n) is 9.58. The van der Waals surface area contributed by atoms with Gasteiger partial charge in [0, 0.05) is 22.9 Å². The Hall–Kier alpha value is -0.180. The minimum absolute atomic E-state index is 0.691. The largest absolute Gasteiger partial charge is 0.310 e. The molecule has 2 rings (SSSR count). The van der Waals surface area contributed by atoms with E-state index in [1.807, 2.05) is 30.0 Å². The van der Waals surface area contributed by atoms with Crippen LogP contribution in [0.4, 0.5) is 0 Å². The first-order valence-electron chi connectivity index (χ1n) is 5.78. The normalized spacial score (nSPS) is 24.9. The van der Waals surface area contributed by atoms with Crippen molar-refractivity contribution in [3.8, 4) is 0 Å². The fourth-order valence-corrected chi connectivity index (χ4v) is 3.26. The SMILES string of the molecule is CSC1CCC(NCc2cccc(Cl)c2)C1. The van der Waals surface area contributed by atoms with Crippen LogP contribution in [0.15, 0.2) is 24.3 Å². The van der Waals surface area contributed by atoms with E-state index in [-0.39, 0.29) is 0 Å². The third kappa shape index (κ3) is 3.41. The second-order valence-corrected chi connectivity index (χ2v) is 5.95. The standard InChI is InChI=1S/C13H18ClNS/c1-16-13-6-5-12(8-13)15-9-10-3-2-4-11(14)7-10/h2-4,7,12-13,15H,5-6,8-9H2,1H3. The number of hydrogen-bond donors (Lipinski definition) is 1. The van der Waals surface area contributed by atoms with Crippen molar-refractivity contribution in [1.82, 2.24) is 5.32 Å². The lowest BCUT2D eigenvalue weighted by atomic mass is 10.2. The molecule has 3 heteroatoms. The van der Waals surface area contributed by atoms with Gasteiger partial charge in [-0.25, -0.2) is 0 Å². The van der Waals surface area contributed by atoms with E-state index in [0.717, 1.165) is 16.8 Å². The Kier molecular flexibility index (Phi) is 4.56. The molecule has 16 heavy (non-hydrogen) atoms. The maximum absolute atomic E-state index is 5.95. The number of benzene rings is 1. The lowest BCUT2D eigenvalue weighted by Gasteiger charge is -2.12. The van der Waals surface area contributed by atoms with Gasteiger partial charge in [-0.05, 0) is 43.2 Å². The minimum Gasteiger partial charge on any atom is -0.310 e. The maximum Gasteiger partial charge on any atom is 0.0409 e. The lowest BCUT2D eigenvalue weighted by molar-refractivity contribution is 0.525. The van der Waals surface area contributed by atoms with Gasteiger partial charge in [-0.2, -0.15) is 11.8 Å². The summed E-state index contributed by atoms with van der Waals surface area (Å²) >= 11 is 7.95. The first-order chi connectivity index (χ1) is 7.78. The van der Waals surface area contributed by atoms with Crippen LogP contribution in [0.2, 0.25) is 5.02 Å². The van der Waals surface area contributed by atoms with Crippen LogP contribution in [0, 0.1) is 0 Å². The molecule has 1 fully saturated rings. The van der Waals surface area contributed by atoms with Crippen LogP contribution in [0.3, 0.4) is 0 Å². The van der Waals surface area contributed by atoms with Gasteiger partial charge in [0.2, 0.25) is 0 Å².